The summed E-state index contributed by atoms with van der Waals surface area (Å²) in [5, 5.41) is 29.7. The van der Waals surface area contributed by atoms with Crippen LogP contribution in [0.5, 0.6) is 11.5 Å². The van der Waals surface area contributed by atoms with Crippen molar-refractivity contribution < 1.29 is 63.1 Å². The minimum absolute atomic E-state index is 0.0560. The van der Waals surface area contributed by atoms with Crippen LogP contribution in [0.4, 0.5) is 17.1 Å². The molecule has 0 saturated carbocycles. The SMILES string of the molecule is COc1ccc(S(=O)(=O)CCOS(=O)(=O)O)cc1N=Nc1c(S(=O)(=O)O)cc2ccc(NC(=O)CCC(=O)O)cc2c1O. The number of nitrogens with one attached hydrogen (secondary N) is 1. The molecule has 3 rings (SSSR count). The number of sulfone groups is 1. The Morgan fingerprint density at radius 1 is 0.930 bits per heavy atom. The maximum atomic E-state index is 12.6. The van der Waals surface area contributed by atoms with Gasteiger partial charge in [0.1, 0.15) is 22.0 Å². The molecule has 43 heavy (non-hydrogen) atoms. The molecule has 3 aromatic carbocycles. The van der Waals surface area contributed by atoms with Crippen molar-refractivity contribution in [2.45, 2.75) is 22.6 Å². The van der Waals surface area contributed by atoms with E-state index in [4.69, 9.17) is 14.4 Å². The Balaban J connectivity index is 2.07. The lowest BCUT2D eigenvalue weighted by Crippen LogP contribution is -2.15. The number of amides is 1. The van der Waals surface area contributed by atoms with Crippen LogP contribution in [0.15, 0.2) is 62.5 Å². The summed E-state index contributed by atoms with van der Waals surface area (Å²) in [4.78, 5) is 21.4. The third-order valence-corrected chi connectivity index (χ3v) is 8.54. The number of carbonyl (C=O) groups excluding carboxylic acids is 1. The van der Waals surface area contributed by atoms with Crippen molar-refractivity contribution in [1.29, 1.82) is 0 Å². The fraction of sp³-hybridized carbons (Fsp3) is 0.217. The molecule has 0 atom stereocenters. The van der Waals surface area contributed by atoms with Crippen LogP contribution < -0.4 is 10.1 Å². The fourth-order valence-corrected chi connectivity index (χ4v) is 5.73. The second-order valence-electron chi connectivity index (χ2n) is 8.53. The lowest BCUT2D eigenvalue weighted by Gasteiger charge is -2.11. The zero-order valence-electron chi connectivity index (χ0n) is 21.9. The van der Waals surface area contributed by atoms with Crippen molar-refractivity contribution in [2.24, 2.45) is 10.2 Å². The Labute approximate surface area is 244 Å². The Hall–Kier alpha value is -4.21. The van der Waals surface area contributed by atoms with Gasteiger partial charge in [-0.2, -0.15) is 16.8 Å². The molecule has 17 nitrogen and oxygen atoms in total. The number of aliphatic carboxylic acids is 1. The predicted octanol–water partition coefficient (Wildman–Crippen LogP) is 2.61. The molecule has 0 aliphatic heterocycles. The highest BCUT2D eigenvalue weighted by molar-refractivity contribution is 7.91. The number of benzene rings is 3. The minimum Gasteiger partial charge on any atom is -0.505 e. The molecule has 5 N–H and O–H groups in total. The van der Waals surface area contributed by atoms with Crippen LogP contribution in [0.25, 0.3) is 10.8 Å². The Bertz CT molecular complexity index is 1940. The van der Waals surface area contributed by atoms with E-state index in [1.165, 1.54) is 25.3 Å². The highest BCUT2D eigenvalue weighted by atomic mass is 32.3. The summed E-state index contributed by atoms with van der Waals surface area (Å²) >= 11 is 0. The van der Waals surface area contributed by atoms with Gasteiger partial charge in [-0.1, -0.05) is 6.07 Å². The molecule has 3 aromatic rings. The molecule has 0 heterocycles. The van der Waals surface area contributed by atoms with Crippen molar-refractivity contribution >= 4 is 70.1 Å². The van der Waals surface area contributed by atoms with Gasteiger partial charge in [0.25, 0.3) is 10.1 Å². The van der Waals surface area contributed by atoms with E-state index in [0.717, 1.165) is 24.3 Å². The third kappa shape index (κ3) is 8.89. The van der Waals surface area contributed by atoms with E-state index in [-0.39, 0.29) is 34.3 Å². The number of carbonyl (C=O) groups is 2. The summed E-state index contributed by atoms with van der Waals surface area (Å²) in [6.45, 7) is -0.908. The summed E-state index contributed by atoms with van der Waals surface area (Å²) in [6, 6.07) is 8.04. The Morgan fingerprint density at radius 2 is 1.63 bits per heavy atom. The van der Waals surface area contributed by atoms with Crippen LogP contribution in [0, 0.1) is 0 Å². The molecule has 0 saturated heterocycles. The maximum absolute atomic E-state index is 12.6. The number of nitrogens with zero attached hydrogens (tertiary/aromatic N) is 2. The average Bonchev–Trinajstić information content (AvgIpc) is 2.90. The number of hydrogen-bond donors (Lipinski definition) is 5. The fourth-order valence-electron chi connectivity index (χ4n) is 3.57. The summed E-state index contributed by atoms with van der Waals surface area (Å²) in [5.74, 6) is -3.58. The van der Waals surface area contributed by atoms with Gasteiger partial charge < -0.3 is 20.3 Å². The van der Waals surface area contributed by atoms with Crippen LogP contribution in [0.2, 0.25) is 0 Å². The minimum atomic E-state index is -5.02. The van der Waals surface area contributed by atoms with E-state index >= 15 is 0 Å². The van der Waals surface area contributed by atoms with Crippen molar-refractivity contribution in [3.63, 3.8) is 0 Å². The second-order valence-corrected chi connectivity index (χ2v) is 13.1. The molecule has 0 radical (unpaired) electrons. The van der Waals surface area contributed by atoms with Crippen molar-refractivity contribution in [3.8, 4) is 11.5 Å². The van der Waals surface area contributed by atoms with Crippen LogP contribution >= 0.6 is 0 Å². The number of hydrogen-bond acceptors (Lipinski definition) is 13. The quantitative estimate of drug-likeness (QED) is 0.130. The molecule has 0 unspecified atom stereocenters. The number of azo groups is 1. The Morgan fingerprint density at radius 3 is 2.23 bits per heavy atom. The van der Waals surface area contributed by atoms with Gasteiger partial charge in [-0.05, 0) is 41.8 Å². The van der Waals surface area contributed by atoms with Crippen LogP contribution in [0.3, 0.4) is 0 Å². The summed E-state index contributed by atoms with van der Waals surface area (Å²) in [6.07, 6.45) is -0.776. The average molecular weight is 662 g/mol. The van der Waals surface area contributed by atoms with E-state index in [0.29, 0.717) is 0 Å². The zero-order chi connectivity index (χ0) is 32.2. The van der Waals surface area contributed by atoms with Crippen LogP contribution in [-0.4, -0.2) is 75.9 Å². The lowest BCUT2D eigenvalue weighted by atomic mass is 10.1. The molecule has 1 amide bonds. The van der Waals surface area contributed by atoms with Gasteiger partial charge >= 0.3 is 16.4 Å². The van der Waals surface area contributed by atoms with Crippen molar-refractivity contribution in [3.05, 3.63) is 42.5 Å². The molecular formula is C23H23N3O14S3. The monoisotopic (exact) mass is 661 g/mol. The van der Waals surface area contributed by atoms with E-state index < -0.39 is 82.2 Å². The zero-order valence-corrected chi connectivity index (χ0v) is 24.3. The summed E-state index contributed by atoms with van der Waals surface area (Å²) < 4.78 is 98.5. The van der Waals surface area contributed by atoms with Gasteiger partial charge in [0.2, 0.25) is 5.91 Å². The molecular weight excluding hydrogens is 638 g/mol. The molecule has 232 valence electrons. The number of aromatic hydroxyl groups is 1. The first-order valence-electron chi connectivity index (χ1n) is 11.6. The molecule has 0 aromatic heterocycles. The number of carboxylic acid groups (broad SMARTS) is 1. The number of fused-ring (bicyclic) bond motifs is 1. The molecule has 0 aliphatic rings. The molecule has 0 spiro atoms. The predicted molar refractivity (Wildman–Crippen MR) is 148 cm³/mol. The highest BCUT2D eigenvalue weighted by Gasteiger charge is 2.23. The first-order chi connectivity index (χ1) is 19.9. The topological polar surface area (TPSA) is 273 Å². The number of carboxylic acids is 1. The first-order valence-corrected chi connectivity index (χ1v) is 16.1. The normalized spacial score (nSPS) is 12.4. The molecule has 20 heteroatoms. The van der Waals surface area contributed by atoms with E-state index in [1.54, 1.807) is 0 Å². The lowest BCUT2D eigenvalue weighted by molar-refractivity contribution is -0.138. The summed E-state index contributed by atoms with van der Waals surface area (Å²) in [5.41, 5.74) is -0.945. The third-order valence-electron chi connectivity index (χ3n) is 5.53. The largest absolute Gasteiger partial charge is 0.505 e. The van der Waals surface area contributed by atoms with E-state index in [2.05, 4.69) is 19.7 Å². The standard InChI is InChI=1S/C23H23N3O14S3/c1-39-18-5-4-15(41(31,32)9-8-40-43(36,37)38)12-17(18)25-26-22-19(42(33,34)35)10-13-2-3-14(11-16(13)23(22)30)24-20(27)6-7-21(28)29/h2-5,10-12,30H,6-9H2,1H3,(H,24,27)(H,28,29)(H,33,34,35)(H,36,37,38). The van der Waals surface area contributed by atoms with E-state index in [9.17, 15) is 44.5 Å². The van der Waals surface area contributed by atoms with Gasteiger partial charge in [-0.3, -0.25) is 18.7 Å². The van der Waals surface area contributed by atoms with Gasteiger partial charge in [0.05, 0.1) is 30.8 Å². The number of rotatable bonds is 13. The second kappa shape index (κ2) is 13.0. The van der Waals surface area contributed by atoms with E-state index in [1.807, 2.05) is 0 Å². The van der Waals surface area contributed by atoms with Gasteiger partial charge in [-0.25, -0.2) is 12.6 Å². The Kier molecular flexibility index (Phi) is 10.0. The van der Waals surface area contributed by atoms with Crippen molar-refractivity contribution in [1.82, 2.24) is 0 Å². The molecule has 0 fully saturated rings. The van der Waals surface area contributed by atoms with Gasteiger partial charge in [0, 0.05) is 17.5 Å². The number of ether oxygens (including phenoxy) is 1. The first kappa shape index (κ1) is 33.3. The highest BCUT2D eigenvalue weighted by Crippen LogP contribution is 2.43. The van der Waals surface area contributed by atoms with Gasteiger partial charge in [-0.15, -0.1) is 10.2 Å². The van der Waals surface area contributed by atoms with Gasteiger partial charge in [0.15, 0.2) is 15.6 Å². The number of phenols is 1. The number of methoxy groups -OCH3 is 1. The maximum Gasteiger partial charge on any atom is 0.397 e. The molecule has 0 aliphatic carbocycles. The summed E-state index contributed by atoms with van der Waals surface area (Å²) in [7, 11) is -12.9. The van der Waals surface area contributed by atoms with Crippen LogP contribution in [0.1, 0.15) is 12.8 Å². The smallest absolute Gasteiger partial charge is 0.397 e. The number of phenolic OH excluding ortho intramolecular Hbond substituents is 1. The number of anilines is 1. The van der Waals surface area contributed by atoms with Crippen LogP contribution in [-0.2, 0) is 44.1 Å². The molecule has 0 bridgehead atoms. The van der Waals surface area contributed by atoms with Crippen molar-refractivity contribution in [2.75, 3.05) is 24.8 Å².